The molecule has 1 fully saturated rings. The van der Waals surface area contributed by atoms with Crippen molar-refractivity contribution in [3.63, 3.8) is 0 Å². The first-order valence-corrected chi connectivity index (χ1v) is 11.7. The summed E-state index contributed by atoms with van der Waals surface area (Å²) in [7, 11) is 0. The maximum absolute atomic E-state index is 13.1. The van der Waals surface area contributed by atoms with E-state index < -0.39 is 5.54 Å². The Morgan fingerprint density at radius 1 is 1.34 bits per heavy atom. The van der Waals surface area contributed by atoms with Gasteiger partial charge in [-0.25, -0.2) is 9.97 Å². The zero-order valence-corrected chi connectivity index (χ0v) is 19.0. The number of fused-ring (bicyclic) bond motifs is 2. The lowest BCUT2D eigenvalue weighted by Crippen LogP contribution is -2.61. The summed E-state index contributed by atoms with van der Waals surface area (Å²) in [5, 5.41) is 6.59. The summed E-state index contributed by atoms with van der Waals surface area (Å²) in [5.41, 5.74) is 0.259. The molecule has 2 aromatic heterocycles. The molecule has 4 heterocycles. The quantitative estimate of drug-likeness (QED) is 0.567. The minimum atomic E-state index is -0.769. The third kappa shape index (κ3) is 3.86. The SMILES string of the molecule is CCOC(=O)C1(NCc2ccc3c(c2)OCO3)CCN(c2ncc3ccsc3n2)C(C)C1. The van der Waals surface area contributed by atoms with E-state index in [2.05, 4.69) is 22.1 Å². The Morgan fingerprint density at radius 3 is 3.06 bits per heavy atom. The van der Waals surface area contributed by atoms with Gasteiger partial charge in [0, 0.05) is 30.7 Å². The summed E-state index contributed by atoms with van der Waals surface area (Å²) in [6.45, 7) is 5.72. The monoisotopic (exact) mass is 454 g/mol. The Hall–Kier alpha value is -2.91. The van der Waals surface area contributed by atoms with Crippen molar-refractivity contribution in [2.45, 2.75) is 44.8 Å². The lowest BCUT2D eigenvalue weighted by Gasteiger charge is -2.44. The Balaban J connectivity index is 1.34. The van der Waals surface area contributed by atoms with Gasteiger partial charge in [0.15, 0.2) is 11.5 Å². The second-order valence-corrected chi connectivity index (χ2v) is 9.09. The van der Waals surface area contributed by atoms with Gasteiger partial charge in [-0.15, -0.1) is 11.3 Å². The molecule has 32 heavy (non-hydrogen) atoms. The van der Waals surface area contributed by atoms with Gasteiger partial charge in [0.2, 0.25) is 12.7 Å². The first-order valence-electron chi connectivity index (χ1n) is 10.9. The largest absolute Gasteiger partial charge is 0.465 e. The minimum Gasteiger partial charge on any atom is -0.465 e. The van der Waals surface area contributed by atoms with Gasteiger partial charge in [0.1, 0.15) is 10.4 Å². The summed E-state index contributed by atoms with van der Waals surface area (Å²) in [5.74, 6) is 1.99. The molecule has 2 aliphatic heterocycles. The second-order valence-electron chi connectivity index (χ2n) is 8.19. The maximum Gasteiger partial charge on any atom is 0.326 e. The fourth-order valence-corrected chi connectivity index (χ4v) is 5.18. The molecule has 0 aliphatic carbocycles. The maximum atomic E-state index is 13.1. The van der Waals surface area contributed by atoms with E-state index in [1.807, 2.05) is 42.8 Å². The molecular weight excluding hydrogens is 428 g/mol. The number of benzene rings is 1. The Bertz CT molecular complexity index is 1140. The fourth-order valence-electron chi connectivity index (χ4n) is 4.44. The highest BCUT2D eigenvalue weighted by Gasteiger charge is 2.45. The molecule has 1 N–H and O–H groups in total. The number of carbonyl (C=O) groups excluding carboxylic acids is 1. The number of carbonyl (C=O) groups is 1. The van der Waals surface area contributed by atoms with Gasteiger partial charge in [0.05, 0.1) is 6.61 Å². The van der Waals surface area contributed by atoms with Crippen LogP contribution in [-0.2, 0) is 16.1 Å². The molecule has 9 heteroatoms. The highest BCUT2D eigenvalue weighted by Crippen LogP contribution is 2.34. The number of anilines is 1. The van der Waals surface area contributed by atoms with E-state index in [1.54, 1.807) is 11.3 Å². The molecule has 2 unspecified atom stereocenters. The fraction of sp³-hybridized carbons (Fsp3) is 0.435. The smallest absolute Gasteiger partial charge is 0.326 e. The Morgan fingerprint density at radius 2 is 2.22 bits per heavy atom. The molecule has 0 radical (unpaired) electrons. The van der Waals surface area contributed by atoms with E-state index >= 15 is 0 Å². The number of rotatable bonds is 6. The van der Waals surface area contributed by atoms with Gasteiger partial charge < -0.3 is 19.1 Å². The number of hydrogen-bond acceptors (Lipinski definition) is 9. The summed E-state index contributed by atoms with van der Waals surface area (Å²) in [4.78, 5) is 25.5. The number of thiophene rings is 1. The third-order valence-electron chi connectivity index (χ3n) is 6.14. The van der Waals surface area contributed by atoms with Crippen molar-refractivity contribution < 1.29 is 19.0 Å². The van der Waals surface area contributed by atoms with Crippen LogP contribution in [0.3, 0.4) is 0 Å². The summed E-state index contributed by atoms with van der Waals surface area (Å²) < 4.78 is 16.4. The van der Waals surface area contributed by atoms with E-state index in [0.717, 1.165) is 27.3 Å². The molecule has 168 valence electrons. The van der Waals surface area contributed by atoms with Crippen LogP contribution < -0.4 is 19.7 Å². The van der Waals surface area contributed by atoms with Crippen molar-refractivity contribution >= 4 is 33.5 Å². The number of aromatic nitrogens is 2. The standard InChI is InChI=1S/C23H26N4O4S/c1-3-29-21(28)23(25-12-16-4-5-18-19(10-16)31-14-30-18)7-8-27(15(2)11-23)22-24-13-17-6-9-32-20(17)26-22/h4-6,9-10,13,15,25H,3,7-8,11-12,14H2,1-2H3. The molecule has 0 saturated carbocycles. The van der Waals surface area contributed by atoms with Gasteiger partial charge in [0.25, 0.3) is 0 Å². The second kappa shape index (κ2) is 8.55. The number of piperidine rings is 1. The van der Waals surface area contributed by atoms with Gasteiger partial charge in [-0.3, -0.25) is 10.1 Å². The van der Waals surface area contributed by atoms with Crippen LogP contribution in [0.1, 0.15) is 32.3 Å². The van der Waals surface area contributed by atoms with E-state index in [1.165, 1.54) is 0 Å². The zero-order chi connectivity index (χ0) is 22.1. The molecule has 3 aromatic rings. The van der Waals surface area contributed by atoms with Gasteiger partial charge in [-0.2, -0.15) is 0 Å². The predicted molar refractivity (Wildman–Crippen MR) is 122 cm³/mol. The summed E-state index contributed by atoms with van der Waals surface area (Å²) >= 11 is 1.61. The van der Waals surface area contributed by atoms with Crippen LogP contribution in [0.25, 0.3) is 10.2 Å². The average molecular weight is 455 g/mol. The molecule has 2 atom stereocenters. The van der Waals surface area contributed by atoms with E-state index in [-0.39, 0.29) is 18.8 Å². The zero-order valence-electron chi connectivity index (χ0n) is 18.2. The van der Waals surface area contributed by atoms with E-state index in [0.29, 0.717) is 38.5 Å². The van der Waals surface area contributed by atoms with Crippen molar-refractivity contribution in [2.24, 2.45) is 0 Å². The van der Waals surface area contributed by atoms with Crippen molar-refractivity contribution in [1.82, 2.24) is 15.3 Å². The highest BCUT2D eigenvalue weighted by molar-refractivity contribution is 7.16. The number of ether oxygens (including phenoxy) is 3. The lowest BCUT2D eigenvalue weighted by molar-refractivity contribution is -0.152. The minimum absolute atomic E-state index is 0.0647. The lowest BCUT2D eigenvalue weighted by atomic mass is 9.83. The number of nitrogens with zero attached hydrogens (tertiary/aromatic N) is 3. The predicted octanol–water partition coefficient (Wildman–Crippen LogP) is 3.50. The molecule has 1 saturated heterocycles. The first-order chi connectivity index (χ1) is 15.6. The van der Waals surface area contributed by atoms with Crippen LogP contribution in [0.4, 0.5) is 5.95 Å². The van der Waals surface area contributed by atoms with Crippen LogP contribution in [0.15, 0.2) is 35.8 Å². The van der Waals surface area contributed by atoms with Crippen molar-refractivity contribution in [3.05, 3.63) is 41.4 Å². The average Bonchev–Trinajstić information content (AvgIpc) is 3.46. The molecule has 8 nitrogen and oxygen atoms in total. The van der Waals surface area contributed by atoms with Gasteiger partial charge >= 0.3 is 5.97 Å². The normalized spacial score (nSPS) is 22.3. The molecule has 0 bridgehead atoms. The number of esters is 1. The molecule has 2 aliphatic rings. The summed E-state index contributed by atoms with van der Waals surface area (Å²) in [6, 6.07) is 7.93. The Kier molecular flexibility index (Phi) is 5.60. The highest BCUT2D eigenvalue weighted by atomic mass is 32.1. The molecule has 1 aromatic carbocycles. The number of hydrogen-bond donors (Lipinski definition) is 1. The molecule has 5 rings (SSSR count). The van der Waals surface area contributed by atoms with Crippen LogP contribution in [0.2, 0.25) is 0 Å². The first kappa shape index (κ1) is 21.0. The Labute approximate surface area is 190 Å². The van der Waals surface area contributed by atoms with Gasteiger partial charge in [-0.1, -0.05) is 6.07 Å². The molecule has 0 amide bonds. The van der Waals surface area contributed by atoms with E-state index in [4.69, 9.17) is 19.2 Å². The van der Waals surface area contributed by atoms with E-state index in [9.17, 15) is 4.79 Å². The van der Waals surface area contributed by atoms with Crippen molar-refractivity contribution in [2.75, 3.05) is 24.8 Å². The van der Waals surface area contributed by atoms with Crippen molar-refractivity contribution in [3.8, 4) is 11.5 Å². The van der Waals surface area contributed by atoms with Crippen molar-refractivity contribution in [1.29, 1.82) is 0 Å². The van der Waals surface area contributed by atoms with Crippen LogP contribution in [-0.4, -0.2) is 47.5 Å². The topological polar surface area (TPSA) is 85.8 Å². The van der Waals surface area contributed by atoms with Crippen LogP contribution >= 0.6 is 11.3 Å². The third-order valence-corrected chi connectivity index (χ3v) is 6.96. The van der Waals surface area contributed by atoms with Gasteiger partial charge in [-0.05, 0) is 55.8 Å². The number of nitrogens with one attached hydrogen (secondary N) is 1. The van der Waals surface area contributed by atoms with Crippen LogP contribution in [0, 0.1) is 0 Å². The molecular formula is C23H26N4O4S. The molecule has 0 spiro atoms. The summed E-state index contributed by atoms with van der Waals surface area (Å²) in [6.07, 6.45) is 3.07. The van der Waals surface area contributed by atoms with Crippen LogP contribution in [0.5, 0.6) is 11.5 Å².